The van der Waals surface area contributed by atoms with Crippen LogP contribution in [0.2, 0.25) is 0 Å². The van der Waals surface area contributed by atoms with Crippen LogP contribution in [0, 0.1) is 11.8 Å². The molecule has 3 atom stereocenters. The Labute approximate surface area is 114 Å². The van der Waals surface area contributed by atoms with Gasteiger partial charge >= 0.3 is 11.9 Å². The normalized spacial score (nSPS) is 25.9. The molecule has 0 radical (unpaired) electrons. The highest BCUT2D eigenvalue weighted by atomic mass is 16.5. The smallest absolute Gasteiger partial charge is 0.323 e. The third kappa shape index (κ3) is 4.06. The average molecular weight is 269 g/mol. The first-order valence-corrected chi connectivity index (χ1v) is 6.72. The molecule has 5 heteroatoms. The summed E-state index contributed by atoms with van der Waals surface area (Å²) in [4.78, 5) is 23.6. The second kappa shape index (κ2) is 7.28. The van der Waals surface area contributed by atoms with Gasteiger partial charge in [-0.25, -0.2) is 0 Å². The summed E-state index contributed by atoms with van der Waals surface area (Å²) < 4.78 is 10.0. The summed E-state index contributed by atoms with van der Waals surface area (Å²) >= 11 is 0. The van der Waals surface area contributed by atoms with Crippen molar-refractivity contribution in [2.24, 2.45) is 11.8 Å². The number of hydrogen-bond acceptors (Lipinski definition) is 5. The number of nitrogens with one attached hydrogen (secondary N) is 1. The molecule has 1 saturated heterocycles. The predicted octanol–water partition coefficient (Wildman–Crippen LogP) is 1.28. The van der Waals surface area contributed by atoms with Gasteiger partial charge in [0.05, 0.1) is 19.6 Å². The van der Waals surface area contributed by atoms with Gasteiger partial charge in [0.2, 0.25) is 0 Å². The molecule has 0 bridgehead atoms. The number of ether oxygens (including phenoxy) is 2. The minimum atomic E-state index is -0.453. The number of esters is 2. The van der Waals surface area contributed by atoms with E-state index >= 15 is 0 Å². The fraction of sp³-hybridized carbons (Fsp3) is 0.714. The minimum absolute atomic E-state index is 0.0961. The third-order valence-electron chi connectivity index (χ3n) is 3.38. The molecule has 19 heavy (non-hydrogen) atoms. The largest absolute Gasteiger partial charge is 0.466 e. The summed E-state index contributed by atoms with van der Waals surface area (Å²) in [6.07, 6.45) is 0.210. The van der Waals surface area contributed by atoms with Crippen LogP contribution in [0.25, 0.3) is 0 Å². The maximum Gasteiger partial charge on any atom is 0.323 e. The van der Waals surface area contributed by atoms with Crippen LogP contribution in [0.5, 0.6) is 0 Å². The summed E-state index contributed by atoms with van der Waals surface area (Å²) in [6.45, 7) is 10.7. The van der Waals surface area contributed by atoms with Crippen LogP contribution in [0.15, 0.2) is 12.2 Å². The van der Waals surface area contributed by atoms with Crippen LogP contribution in [0.1, 0.15) is 27.2 Å². The molecule has 0 amide bonds. The van der Waals surface area contributed by atoms with Crippen LogP contribution in [-0.4, -0.2) is 37.7 Å². The molecule has 1 fully saturated rings. The van der Waals surface area contributed by atoms with Crippen molar-refractivity contribution in [2.45, 2.75) is 33.2 Å². The molecule has 1 heterocycles. The van der Waals surface area contributed by atoms with Gasteiger partial charge in [-0.15, -0.1) is 0 Å². The Hall–Kier alpha value is -1.36. The van der Waals surface area contributed by atoms with Gasteiger partial charge in [0, 0.05) is 12.5 Å². The molecule has 0 aromatic heterocycles. The molecule has 0 unspecified atom stereocenters. The van der Waals surface area contributed by atoms with E-state index in [2.05, 4.69) is 11.9 Å². The number of hydrogen-bond donors (Lipinski definition) is 1. The number of carbonyl (C=O) groups excluding carboxylic acids is 2. The summed E-state index contributed by atoms with van der Waals surface area (Å²) in [6, 6.07) is -0.453. The first-order valence-electron chi connectivity index (χ1n) is 6.72. The SMILES string of the molecule is C=C(C)[C@H]1CN[C@H](C(=O)OCC)[C@H]1CC(=O)OCC. The highest BCUT2D eigenvalue weighted by Crippen LogP contribution is 2.31. The quantitative estimate of drug-likeness (QED) is 0.581. The molecule has 0 spiro atoms. The lowest BCUT2D eigenvalue weighted by Crippen LogP contribution is -2.38. The fourth-order valence-corrected chi connectivity index (χ4v) is 2.49. The highest BCUT2D eigenvalue weighted by Gasteiger charge is 2.42. The van der Waals surface area contributed by atoms with Crippen LogP contribution in [0.3, 0.4) is 0 Å². The maximum atomic E-state index is 11.9. The molecule has 1 aliphatic rings. The van der Waals surface area contributed by atoms with Gasteiger partial charge in [-0.1, -0.05) is 12.2 Å². The van der Waals surface area contributed by atoms with Gasteiger partial charge in [-0.2, -0.15) is 0 Å². The van der Waals surface area contributed by atoms with Crippen molar-refractivity contribution in [3.8, 4) is 0 Å². The van der Waals surface area contributed by atoms with Gasteiger partial charge in [-0.3, -0.25) is 9.59 Å². The van der Waals surface area contributed by atoms with E-state index in [1.807, 2.05) is 6.92 Å². The van der Waals surface area contributed by atoms with Crippen LogP contribution in [0.4, 0.5) is 0 Å². The topological polar surface area (TPSA) is 64.6 Å². The van der Waals surface area contributed by atoms with E-state index in [4.69, 9.17) is 9.47 Å². The summed E-state index contributed by atoms with van der Waals surface area (Å²) in [5.41, 5.74) is 0.966. The Kier molecular flexibility index (Phi) is 6.02. The van der Waals surface area contributed by atoms with E-state index in [-0.39, 0.29) is 30.2 Å². The molecule has 0 saturated carbocycles. The summed E-state index contributed by atoms with van der Waals surface area (Å²) in [5, 5.41) is 3.13. The molecule has 0 aromatic carbocycles. The van der Waals surface area contributed by atoms with Crippen molar-refractivity contribution >= 4 is 11.9 Å². The van der Waals surface area contributed by atoms with Crippen molar-refractivity contribution in [1.82, 2.24) is 5.32 Å². The number of carbonyl (C=O) groups is 2. The zero-order valence-corrected chi connectivity index (χ0v) is 11.9. The Morgan fingerprint density at radius 1 is 1.26 bits per heavy atom. The van der Waals surface area contributed by atoms with E-state index in [0.29, 0.717) is 19.8 Å². The average Bonchev–Trinajstić information content (AvgIpc) is 2.73. The number of rotatable bonds is 6. The monoisotopic (exact) mass is 269 g/mol. The first kappa shape index (κ1) is 15.7. The lowest BCUT2D eigenvalue weighted by atomic mass is 9.84. The highest BCUT2D eigenvalue weighted by molar-refractivity contribution is 5.78. The molecule has 1 aliphatic heterocycles. The second-order valence-corrected chi connectivity index (χ2v) is 4.76. The zero-order valence-electron chi connectivity index (χ0n) is 11.9. The second-order valence-electron chi connectivity index (χ2n) is 4.76. The lowest BCUT2D eigenvalue weighted by molar-refractivity contribution is -0.148. The predicted molar refractivity (Wildman–Crippen MR) is 71.5 cm³/mol. The van der Waals surface area contributed by atoms with Gasteiger partial charge in [0.25, 0.3) is 0 Å². The van der Waals surface area contributed by atoms with E-state index < -0.39 is 6.04 Å². The Bertz CT molecular complexity index is 353. The Morgan fingerprint density at radius 2 is 1.89 bits per heavy atom. The van der Waals surface area contributed by atoms with Crippen molar-refractivity contribution in [1.29, 1.82) is 0 Å². The van der Waals surface area contributed by atoms with E-state index in [0.717, 1.165) is 5.57 Å². The standard InChI is InChI=1S/C14H23NO4/c1-5-18-12(16)7-10-11(9(3)4)8-15-13(10)14(17)19-6-2/h10-11,13,15H,3,5-8H2,1-2,4H3/t10-,11+,13-/m0/s1. The van der Waals surface area contributed by atoms with E-state index in [1.165, 1.54) is 0 Å². The minimum Gasteiger partial charge on any atom is -0.466 e. The van der Waals surface area contributed by atoms with Crippen molar-refractivity contribution < 1.29 is 19.1 Å². The Balaban J connectivity index is 2.77. The maximum absolute atomic E-state index is 11.9. The van der Waals surface area contributed by atoms with Crippen molar-refractivity contribution in [3.63, 3.8) is 0 Å². The van der Waals surface area contributed by atoms with Crippen LogP contribution >= 0.6 is 0 Å². The molecule has 5 nitrogen and oxygen atoms in total. The van der Waals surface area contributed by atoms with Gasteiger partial charge in [0.1, 0.15) is 6.04 Å². The third-order valence-corrected chi connectivity index (χ3v) is 3.38. The molecular weight excluding hydrogens is 246 g/mol. The van der Waals surface area contributed by atoms with Crippen molar-refractivity contribution in [2.75, 3.05) is 19.8 Å². The zero-order chi connectivity index (χ0) is 14.4. The molecule has 1 rings (SSSR count). The Morgan fingerprint density at radius 3 is 2.42 bits per heavy atom. The fourth-order valence-electron chi connectivity index (χ4n) is 2.49. The van der Waals surface area contributed by atoms with Gasteiger partial charge < -0.3 is 14.8 Å². The van der Waals surface area contributed by atoms with E-state index in [9.17, 15) is 9.59 Å². The van der Waals surface area contributed by atoms with E-state index in [1.54, 1.807) is 13.8 Å². The van der Waals surface area contributed by atoms with Gasteiger partial charge in [0.15, 0.2) is 0 Å². The first-order chi connectivity index (χ1) is 9.01. The van der Waals surface area contributed by atoms with Crippen LogP contribution in [-0.2, 0) is 19.1 Å². The lowest BCUT2D eigenvalue weighted by Gasteiger charge is -2.22. The molecule has 0 aliphatic carbocycles. The van der Waals surface area contributed by atoms with Crippen molar-refractivity contribution in [3.05, 3.63) is 12.2 Å². The molecule has 1 N–H and O–H groups in total. The summed E-state index contributed by atoms with van der Waals surface area (Å²) in [5.74, 6) is -0.633. The van der Waals surface area contributed by atoms with Gasteiger partial charge in [-0.05, 0) is 26.7 Å². The van der Waals surface area contributed by atoms with Crippen LogP contribution < -0.4 is 5.32 Å². The molecular formula is C14H23NO4. The molecule has 0 aromatic rings. The summed E-state index contributed by atoms with van der Waals surface area (Å²) in [7, 11) is 0. The molecule has 108 valence electrons.